The van der Waals surface area contributed by atoms with Crippen molar-refractivity contribution in [2.75, 3.05) is 13.2 Å². The van der Waals surface area contributed by atoms with Gasteiger partial charge in [-0.05, 0) is 27.2 Å². The molecule has 0 aromatic carbocycles. The van der Waals surface area contributed by atoms with Gasteiger partial charge >= 0.3 is 0 Å². The molecule has 0 bridgehead atoms. The molecule has 0 spiro atoms. The molecule has 0 aliphatic carbocycles. The highest BCUT2D eigenvalue weighted by Gasteiger charge is 2.31. The number of carbonyl (C=O) groups excluding carboxylic acids is 1. The van der Waals surface area contributed by atoms with E-state index < -0.39 is 5.54 Å². The van der Waals surface area contributed by atoms with Gasteiger partial charge in [-0.2, -0.15) is 0 Å². The predicted molar refractivity (Wildman–Crippen MR) is 67.6 cm³/mol. The highest BCUT2D eigenvalue weighted by atomic mass is 16.3. The minimum Gasteiger partial charge on any atom is -0.466 e. The molecule has 1 aromatic rings. The predicted octanol–water partition coefficient (Wildman–Crippen LogP) is 1.07. The van der Waals surface area contributed by atoms with Gasteiger partial charge in [-0.3, -0.25) is 4.79 Å². The van der Waals surface area contributed by atoms with E-state index in [1.54, 1.807) is 20.8 Å². The zero-order valence-corrected chi connectivity index (χ0v) is 11.3. The zero-order valence-electron chi connectivity index (χ0n) is 11.3. The van der Waals surface area contributed by atoms with Gasteiger partial charge in [0.1, 0.15) is 11.5 Å². The fourth-order valence-electron chi connectivity index (χ4n) is 1.87. The van der Waals surface area contributed by atoms with E-state index in [-0.39, 0.29) is 19.1 Å². The van der Waals surface area contributed by atoms with Crippen LogP contribution in [0.5, 0.6) is 0 Å². The molecule has 0 fully saturated rings. The molecule has 0 radical (unpaired) electrons. The zero-order chi connectivity index (χ0) is 13.9. The van der Waals surface area contributed by atoms with Crippen molar-refractivity contribution < 1.29 is 19.4 Å². The third kappa shape index (κ3) is 2.57. The first-order valence-electron chi connectivity index (χ1n) is 6.01. The van der Waals surface area contributed by atoms with E-state index in [9.17, 15) is 15.0 Å². The lowest BCUT2D eigenvalue weighted by Gasteiger charge is -2.29. The lowest BCUT2D eigenvalue weighted by molar-refractivity contribution is 0.0651. The number of hydrogen-bond acceptors (Lipinski definition) is 4. The normalized spacial score (nSPS) is 11.7. The number of amides is 1. The number of aliphatic hydroxyl groups is 2. The van der Waals surface area contributed by atoms with Crippen molar-refractivity contribution in [3.05, 3.63) is 22.6 Å². The standard InChI is InChI=1S/C13H21NO4/c1-5-13(6-15,7-16)14-12(17)11-8(2)9(3)18-10(11)4/h15-16H,5-7H2,1-4H3,(H,14,17). The van der Waals surface area contributed by atoms with Crippen molar-refractivity contribution in [2.24, 2.45) is 0 Å². The van der Waals surface area contributed by atoms with Crippen molar-refractivity contribution >= 4 is 5.91 Å². The van der Waals surface area contributed by atoms with Gasteiger partial charge in [-0.15, -0.1) is 0 Å². The molecular formula is C13H21NO4. The molecule has 3 N–H and O–H groups in total. The number of aliphatic hydroxyl groups excluding tert-OH is 2. The fourth-order valence-corrected chi connectivity index (χ4v) is 1.87. The number of hydrogen-bond donors (Lipinski definition) is 3. The van der Waals surface area contributed by atoms with Crippen molar-refractivity contribution in [2.45, 2.75) is 39.7 Å². The van der Waals surface area contributed by atoms with Gasteiger partial charge in [-0.25, -0.2) is 0 Å². The lowest BCUT2D eigenvalue weighted by Crippen LogP contribution is -2.53. The molecule has 1 amide bonds. The van der Waals surface area contributed by atoms with Crippen LogP contribution in [0.3, 0.4) is 0 Å². The maximum absolute atomic E-state index is 12.2. The Labute approximate surface area is 107 Å². The van der Waals surface area contributed by atoms with Crippen LogP contribution in [0.25, 0.3) is 0 Å². The Balaban J connectivity index is 3.01. The monoisotopic (exact) mass is 255 g/mol. The van der Waals surface area contributed by atoms with E-state index in [0.717, 1.165) is 5.56 Å². The number of rotatable bonds is 5. The molecule has 1 heterocycles. The molecular weight excluding hydrogens is 234 g/mol. The summed E-state index contributed by atoms with van der Waals surface area (Å²) in [4.78, 5) is 12.2. The Hall–Kier alpha value is -1.33. The summed E-state index contributed by atoms with van der Waals surface area (Å²) in [6.07, 6.45) is 0.445. The Kier molecular flexibility index (Phi) is 4.53. The summed E-state index contributed by atoms with van der Waals surface area (Å²) in [6, 6.07) is 0. The van der Waals surface area contributed by atoms with E-state index in [1.807, 2.05) is 6.92 Å². The lowest BCUT2D eigenvalue weighted by atomic mass is 9.97. The summed E-state index contributed by atoms with van der Waals surface area (Å²) in [5.74, 6) is 0.919. The molecule has 0 aliphatic heterocycles. The quantitative estimate of drug-likeness (QED) is 0.735. The fraction of sp³-hybridized carbons (Fsp3) is 0.615. The summed E-state index contributed by atoms with van der Waals surface area (Å²) in [6.45, 7) is 6.52. The Morgan fingerprint density at radius 1 is 1.22 bits per heavy atom. The van der Waals surface area contributed by atoms with Crippen molar-refractivity contribution in [1.29, 1.82) is 0 Å². The van der Waals surface area contributed by atoms with Crippen LogP contribution in [0.1, 0.15) is 40.8 Å². The average Bonchev–Trinajstić information content (AvgIpc) is 2.60. The minimum atomic E-state index is -0.985. The molecule has 5 heteroatoms. The first-order valence-corrected chi connectivity index (χ1v) is 6.01. The smallest absolute Gasteiger partial charge is 0.255 e. The second-order valence-electron chi connectivity index (χ2n) is 4.62. The van der Waals surface area contributed by atoms with E-state index in [1.165, 1.54) is 0 Å². The summed E-state index contributed by atoms with van der Waals surface area (Å²) in [5.41, 5.74) is 0.277. The van der Waals surface area contributed by atoms with Crippen LogP contribution in [0.15, 0.2) is 4.42 Å². The maximum atomic E-state index is 12.2. The van der Waals surface area contributed by atoms with Crippen molar-refractivity contribution in [1.82, 2.24) is 5.32 Å². The minimum absolute atomic E-state index is 0.305. The third-order valence-corrected chi connectivity index (χ3v) is 3.45. The molecule has 102 valence electrons. The van der Waals surface area contributed by atoms with Gasteiger partial charge < -0.3 is 19.9 Å². The van der Waals surface area contributed by atoms with E-state index in [4.69, 9.17) is 4.42 Å². The second-order valence-corrected chi connectivity index (χ2v) is 4.62. The van der Waals surface area contributed by atoms with Crippen LogP contribution in [-0.2, 0) is 0 Å². The molecule has 1 aromatic heterocycles. The summed E-state index contributed by atoms with van der Waals surface area (Å²) in [5, 5.41) is 21.3. The number of nitrogens with one attached hydrogen (secondary N) is 1. The van der Waals surface area contributed by atoms with Crippen LogP contribution in [0, 0.1) is 20.8 Å². The highest BCUT2D eigenvalue weighted by molar-refractivity contribution is 5.97. The maximum Gasteiger partial charge on any atom is 0.255 e. The first-order chi connectivity index (χ1) is 8.40. The van der Waals surface area contributed by atoms with Crippen LogP contribution >= 0.6 is 0 Å². The van der Waals surface area contributed by atoms with E-state index in [0.29, 0.717) is 23.5 Å². The molecule has 0 saturated carbocycles. The van der Waals surface area contributed by atoms with Gasteiger partial charge in [0.2, 0.25) is 0 Å². The molecule has 0 atom stereocenters. The number of furan rings is 1. The molecule has 0 unspecified atom stereocenters. The molecule has 0 saturated heterocycles. The van der Waals surface area contributed by atoms with Gasteiger partial charge in [0, 0.05) is 5.56 Å². The Morgan fingerprint density at radius 2 is 1.78 bits per heavy atom. The second kappa shape index (κ2) is 5.54. The van der Waals surface area contributed by atoms with Gasteiger partial charge in [-0.1, -0.05) is 6.92 Å². The molecule has 1 rings (SSSR count). The third-order valence-electron chi connectivity index (χ3n) is 3.45. The number of carbonyl (C=O) groups is 1. The highest BCUT2D eigenvalue weighted by Crippen LogP contribution is 2.21. The van der Waals surface area contributed by atoms with Crippen LogP contribution in [0.4, 0.5) is 0 Å². The summed E-state index contributed by atoms with van der Waals surface area (Å²) < 4.78 is 5.40. The van der Waals surface area contributed by atoms with Crippen molar-refractivity contribution in [3.63, 3.8) is 0 Å². The largest absolute Gasteiger partial charge is 0.466 e. The summed E-state index contributed by atoms with van der Waals surface area (Å²) in [7, 11) is 0. The molecule has 0 aliphatic rings. The van der Waals surface area contributed by atoms with E-state index in [2.05, 4.69) is 5.32 Å². The average molecular weight is 255 g/mol. The molecule has 5 nitrogen and oxygen atoms in total. The first kappa shape index (κ1) is 14.7. The van der Waals surface area contributed by atoms with Gasteiger partial charge in [0.15, 0.2) is 0 Å². The van der Waals surface area contributed by atoms with Crippen LogP contribution in [-0.4, -0.2) is 34.9 Å². The summed E-state index contributed by atoms with van der Waals surface area (Å²) >= 11 is 0. The Morgan fingerprint density at radius 3 is 2.11 bits per heavy atom. The topological polar surface area (TPSA) is 82.7 Å². The van der Waals surface area contributed by atoms with E-state index >= 15 is 0 Å². The Bertz CT molecular complexity index is 424. The van der Waals surface area contributed by atoms with Crippen molar-refractivity contribution in [3.8, 4) is 0 Å². The number of aryl methyl sites for hydroxylation is 2. The van der Waals surface area contributed by atoms with Crippen LogP contribution in [0.2, 0.25) is 0 Å². The van der Waals surface area contributed by atoms with Crippen LogP contribution < -0.4 is 5.32 Å². The van der Waals surface area contributed by atoms with Gasteiger partial charge in [0.05, 0.1) is 24.3 Å². The van der Waals surface area contributed by atoms with Gasteiger partial charge in [0.25, 0.3) is 5.91 Å². The molecule has 18 heavy (non-hydrogen) atoms. The SMILES string of the molecule is CCC(CO)(CO)NC(=O)c1c(C)oc(C)c1C.